The number of hydrogen-bond donors (Lipinski definition) is 2. The van der Waals surface area contributed by atoms with Gasteiger partial charge in [-0.3, -0.25) is 0 Å². The van der Waals surface area contributed by atoms with Crippen molar-refractivity contribution >= 4 is 0 Å². The Balaban J connectivity index is 1.57. The first kappa shape index (κ1) is 19.7. The van der Waals surface area contributed by atoms with Crippen LogP contribution in [0.5, 0.6) is 0 Å². The van der Waals surface area contributed by atoms with Gasteiger partial charge in [-0.05, 0) is 74.3 Å². The third-order valence-electron chi connectivity index (χ3n) is 7.84. The minimum absolute atomic E-state index is 0.275. The molecule has 2 nitrogen and oxygen atoms in total. The summed E-state index contributed by atoms with van der Waals surface area (Å²) in [6, 6.07) is 0. The second kappa shape index (κ2) is 7.36. The molecule has 0 aliphatic heterocycles. The van der Waals surface area contributed by atoms with Crippen LogP contribution in [0.25, 0.3) is 0 Å². The SMILES string of the molecule is C=C1/C(=C\C=C2/CCC[C@]3(C)C(C4(CC#CC)CC4)=CC[C@@H]23)C[C@@H](O)C[C@@H]1O. The molecule has 0 aromatic rings. The quantitative estimate of drug-likeness (QED) is 0.521. The summed E-state index contributed by atoms with van der Waals surface area (Å²) in [7, 11) is 0. The fourth-order valence-electron chi connectivity index (χ4n) is 6.06. The molecule has 0 spiro atoms. The minimum Gasteiger partial charge on any atom is -0.393 e. The van der Waals surface area contributed by atoms with Gasteiger partial charge in [0.05, 0.1) is 12.2 Å². The van der Waals surface area contributed by atoms with Gasteiger partial charge in [-0.25, -0.2) is 0 Å². The maximum absolute atomic E-state index is 10.1. The first-order valence-electron chi connectivity index (χ1n) is 11.0. The van der Waals surface area contributed by atoms with E-state index in [0.29, 0.717) is 24.2 Å². The molecule has 4 aliphatic carbocycles. The number of allylic oxidation sites excluding steroid dienone is 5. The van der Waals surface area contributed by atoms with Crippen LogP contribution in [0.1, 0.15) is 71.6 Å². The zero-order chi connectivity index (χ0) is 19.9. The van der Waals surface area contributed by atoms with Gasteiger partial charge in [-0.1, -0.05) is 42.9 Å². The molecule has 0 amide bonds. The number of aliphatic hydroxyl groups is 2. The van der Waals surface area contributed by atoms with E-state index in [-0.39, 0.29) is 5.41 Å². The lowest BCUT2D eigenvalue weighted by atomic mass is 9.61. The van der Waals surface area contributed by atoms with E-state index in [0.717, 1.165) is 30.4 Å². The summed E-state index contributed by atoms with van der Waals surface area (Å²) in [4.78, 5) is 0. The van der Waals surface area contributed by atoms with Crippen LogP contribution in [0.3, 0.4) is 0 Å². The summed E-state index contributed by atoms with van der Waals surface area (Å²) in [5.41, 5.74) is 5.65. The van der Waals surface area contributed by atoms with E-state index in [1.165, 1.54) is 31.3 Å². The van der Waals surface area contributed by atoms with E-state index in [4.69, 9.17) is 0 Å². The first-order chi connectivity index (χ1) is 13.4. The van der Waals surface area contributed by atoms with Crippen molar-refractivity contribution in [2.75, 3.05) is 0 Å². The molecule has 2 N–H and O–H groups in total. The zero-order valence-electron chi connectivity index (χ0n) is 17.4. The minimum atomic E-state index is -0.612. The number of hydrogen-bond acceptors (Lipinski definition) is 2. The second-order valence-corrected chi connectivity index (χ2v) is 9.63. The van der Waals surface area contributed by atoms with Crippen LogP contribution in [0, 0.1) is 28.6 Å². The summed E-state index contributed by atoms with van der Waals surface area (Å²) < 4.78 is 0. The Bertz CT molecular complexity index is 811. The summed E-state index contributed by atoms with van der Waals surface area (Å²) in [5.74, 6) is 7.05. The Morgan fingerprint density at radius 1 is 1.25 bits per heavy atom. The molecule has 0 aromatic heterocycles. The van der Waals surface area contributed by atoms with Gasteiger partial charge in [0.1, 0.15) is 0 Å². The molecule has 150 valence electrons. The third-order valence-corrected chi connectivity index (χ3v) is 7.84. The van der Waals surface area contributed by atoms with Gasteiger partial charge in [-0.2, -0.15) is 0 Å². The van der Waals surface area contributed by atoms with Crippen molar-refractivity contribution in [2.24, 2.45) is 16.7 Å². The molecular weight excluding hydrogens is 344 g/mol. The summed E-state index contributed by atoms with van der Waals surface area (Å²) >= 11 is 0. The van der Waals surface area contributed by atoms with Crippen LogP contribution in [0.2, 0.25) is 0 Å². The highest BCUT2D eigenvalue weighted by Gasteiger charge is 2.56. The predicted molar refractivity (Wildman–Crippen MR) is 114 cm³/mol. The van der Waals surface area contributed by atoms with Gasteiger partial charge in [0.2, 0.25) is 0 Å². The fraction of sp³-hybridized carbons (Fsp3) is 0.615. The van der Waals surface area contributed by atoms with Gasteiger partial charge in [0, 0.05) is 18.3 Å². The third kappa shape index (κ3) is 3.34. The van der Waals surface area contributed by atoms with Crippen LogP contribution in [-0.2, 0) is 0 Å². The Morgan fingerprint density at radius 3 is 2.75 bits per heavy atom. The Labute approximate surface area is 170 Å². The Hall–Kier alpha value is -1.56. The largest absolute Gasteiger partial charge is 0.393 e. The van der Waals surface area contributed by atoms with Crippen molar-refractivity contribution in [1.29, 1.82) is 0 Å². The number of aliphatic hydroxyl groups excluding tert-OH is 2. The van der Waals surface area contributed by atoms with Crippen LogP contribution in [0.4, 0.5) is 0 Å². The molecule has 3 saturated carbocycles. The van der Waals surface area contributed by atoms with E-state index in [1.54, 1.807) is 5.57 Å². The van der Waals surface area contributed by atoms with Crippen LogP contribution in [0.15, 0.2) is 47.1 Å². The summed E-state index contributed by atoms with van der Waals surface area (Å²) in [6.45, 7) is 8.49. The molecule has 2 heteroatoms. The average Bonchev–Trinajstić information content (AvgIpc) is 3.35. The molecule has 28 heavy (non-hydrogen) atoms. The normalized spacial score (nSPS) is 39.4. The first-order valence-corrected chi connectivity index (χ1v) is 11.0. The highest BCUT2D eigenvalue weighted by molar-refractivity contribution is 5.42. The summed E-state index contributed by atoms with van der Waals surface area (Å²) in [5, 5.41) is 20.1. The van der Waals surface area contributed by atoms with Crippen molar-refractivity contribution in [3.8, 4) is 11.8 Å². The Morgan fingerprint density at radius 2 is 2.04 bits per heavy atom. The van der Waals surface area contributed by atoms with Crippen molar-refractivity contribution in [3.05, 3.63) is 47.1 Å². The monoisotopic (exact) mass is 378 g/mol. The van der Waals surface area contributed by atoms with E-state index in [9.17, 15) is 10.2 Å². The number of fused-ring (bicyclic) bond motifs is 1. The van der Waals surface area contributed by atoms with Gasteiger partial charge in [0.25, 0.3) is 0 Å². The van der Waals surface area contributed by atoms with Gasteiger partial charge >= 0.3 is 0 Å². The van der Waals surface area contributed by atoms with Gasteiger partial charge in [-0.15, -0.1) is 11.8 Å². The molecule has 0 radical (unpaired) electrons. The van der Waals surface area contributed by atoms with Crippen molar-refractivity contribution in [1.82, 2.24) is 0 Å². The topological polar surface area (TPSA) is 40.5 Å². The zero-order valence-corrected chi connectivity index (χ0v) is 17.4. The van der Waals surface area contributed by atoms with Gasteiger partial charge < -0.3 is 10.2 Å². The van der Waals surface area contributed by atoms with Crippen molar-refractivity contribution < 1.29 is 10.2 Å². The molecule has 4 rings (SSSR count). The van der Waals surface area contributed by atoms with Crippen molar-refractivity contribution in [2.45, 2.75) is 83.8 Å². The maximum atomic E-state index is 10.1. The summed E-state index contributed by atoms with van der Waals surface area (Å²) in [6.07, 6.45) is 15.3. The lowest BCUT2D eigenvalue weighted by Crippen LogP contribution is -2.33. The fourth-order valence-corrected chi connectivity index (χ4v) is 6.06. The smallest absolute Gasteiger partial charge is 0.0811 e. The molecule has 0 saturated heterocycles. The molecule has 3 fully saturated rings. The number of rotatable bonds is 3. The molecule has 0 unspecified atom stereocenters. The molecule has 4 aliphatic rings. The second-order valence-electron chi connectivity index (χ2n) is 9.63. The van der Waals surface area contributed by atoms with Gasteiger partial charge in [0.15, 0.2) is 0 Å². The van der Waals surface area contributed by atoms with Crippen LogP contribution < -0.4 is 0 Å². The highest BCUT2D eigenvalue weighted by atomic mass is 16.3. The van der Waals surface area contributed by atoms with E-state index < -0.39 is 12.2 Å². The highest BCUT2D eigenvalue weighted by Crippen LogP contribution is 2.67. The van der Waals surface area contributed by atoms with E-state index >= 15 is 0 Å². The van der Waals surface area contributed by atoms with E-state index in [1.807, 2.05) is 6.92 Å². The maximum Gasteiger partial charge on any atom is 0.0811 e. The molecule has 0 aromatic carbocycles. The molecule has 4 atom stereocenters. The molecule has 0 bridgehead atoms. The molecular formula is C26H34O2. The Kier molecular flexibility index (Phi) is 5.19. The lowest BCUT2D eigenvalue weighted by molar-refractivity contribution is 0.0862. The van der Waals surface area contributed by atoms with Crippen molar-refractivity contribution in [3.63, 3.8) is 0 Å². The average molecular weight is 379 g/mol. The standard InChI is InChI=1S/C26H34O2/c1-4-5-13-26(14-15-26)24-11-10-22-19(7-6-12-25(22,24)3)8-9-20-16-21(27)17-23(28)18(20)2/h8-9,11,21-23,27-28H,2,6-7,10,12-17H2,1,3H3/b19-8+,20-9-/t21-,22+,23+,25+/m1/s1. The lowest BCUT2D eigenvalue weighted by Gasteiger charge is -2.43. The molecule has 0 heterocycles. The van der Waals surface area contributed by atoms with Crippen LogP contribution >= 0.6 is 0 Å². The van der Waals surface area contributed by atoms with E-state index in [2.05, 4.69) is 43.6 Å². The van der Waals surface area contributed by atoms with Crippen LogP contribution in [-0.4, -0.2) is 22.4 Å². The predicted octanol–water partition coefficient (Wildman–Crippen LogP) is 5.24.